The van der Waals surface area contributed by atoms with Gasteiger partial charge in [0.2, 0.25) is 11.8 Å². The van der Waals surface area contributed by atoms with E-state index in [-0.39, 0.29) is 24.2 Å². The Hall–Kier alpha value is -2.63. The summed E-state index contributed by atoms with van der Waals surface area (Å²) >= 11 is 0. The lowest BCUT2D eigenvalue weighted by Gasteiger charge is -2.27. The summed E-state index contributed by atoms with van der Waals surface area (Å²) in [5.74, 6) is 0.249. The van der Waals surface area contributed by atoms with Gasteiger partial charge in [-0.3, -0.25) is 9.59 Å². The van der Waals surface area contributed by atoms with Gasteiger partial charge < -0.3 is 14.2 Å². The summed E-state index contributed by atoms with van der Waals surface area (Å²) in [5.41, 5.74) is 0.826. The highest BCUT2D eigenvalue weighted by atomic mass is 19.1. The molecule has 1 aromatic heterocycles. The van der Waals surface area contributed by atoms with E-state index in [1.807, 2.05) is 13.0 Å². The topological polar surface area (TPSA) is 53.8 Å². The van der Waals surface area contributed by atoms with Gasteiger partial charge in [-0.05, 0) is 42.7 Å². The van der Waals surface area contributed by atoms with Crippen LogP contribution < -0.4 is 0 Å². The van der Waals surface area contributed by atoms with Crippen molar-refractivity contribution < 1.29 is 18.4 Å². The number of hydrogen-bond donors (Lipinski definition) is 0. The Morgan fingerprint density at radius 3 is 2.22 bits per heavy atom. The second-order valence-electron chi connectivity index (χ2n) is 8.29. The zero-order chi connectivity index (χ0) is 23.2. The zero-order valence-corrected chi connectivity index (χ0v) is 19.5. The summed E-state index contributed by atoms with van der Waals surface area (Å²) in [6.07, 6.45) is 9.58. The van der Waals surface area contributed by atoms with Crippen molar-refractivity contribution >= 4 is 11.8 Å². The third kappa shape index (κ3) is 9.25. The molecule has 1 heterocycles. The van der Waals surface area contributed by atoms with E-state index in [0.717, 1.165) is 31.2 Å². The number of rotatable bonds is 15. The highest BCUT2D eigenvalue weighted by Crippen LogP contribution is 2.14. The van der Waals surface area contributed by atoms with Gasteiger partial charge in [0, 0.05) is 19.5 Å². The van der Waals surface area contributed by atoms with E-state index in [9.17, 15) is 14.0 Å². The Labute approximate surface area is 191 Å². The molecule has 2 rings (SSSR count). The first-order valence-corrected chi connectivity index (χ1v) is 11.9. The van der Waals surface area contributed by atoms with Crippen molar-refractivity contribution in [2.45, 2.75) is 78.3 Å². The second kappa shape index (κ2) is 14.4. The van der Waals surface area contributed by atoms with Crippen molar-refractivity contribution in [3.63, 3.8) is 0 Å². The molecule has 2 amide bonds. The van der Waals surface area contributed by atoms with Gasteiger partial charge in [0.1, 0.15) is 11.6 Å². The van der Waals surface area contributed by atoms with Crippen LogP contribution in [0.25, 0.3) is 0 Å². The first-order chi connectivity index (χ1) is 15.5. The number of carbonyl (C=O) groups is 2. The van der Waals surface area contributed by atoms with Crippen molar-refractivity contribution in [2.24, 2.45) is 0 Å². The number of unbranched alkanes of at least 4 members (excludes halogenated alkanes) is 5. The Kier molecular flexibility index (Phi) is 11.6. The summed E-state index contributed by atoms with van der Waals surface area (Å²) in [7, 11) is 0. The minimum Gasteiger partial charge on any atom is -0.467 e. The molecule has 0 saturated carbocycles. The van der Waals surface area contributed by atoms with Crippen LogP contribution in [-0.4, -0.2) is 34.7 Å². The molecule has 6 heteroatoms. The number of hydrogen-bond acceptors (Lipinski definition) is 3. The fourth-order valence-electron chi connectivity index (χ4n) is 3.67. The van der Waals surface area contributed by atoms with Gasteiger partial charge in [0.05, 0.1) is 19.4 Å². The van der Waals surface area contributed by atoms with E-state index < -0.39 is 0 Å². The molecule has 0 N–H and O–H groups in total. The third-order valence-corrected chi connectivity index (χ3v) is 5.48. The van der Waals surface area contributed by atoms with Crippen LogP contribution in [0, 0.1) is 5.82 Å². The molecule has 0 aliphatic carbocycles. The summed E-state index contributed by atoms with van der Waals surface area (Å²) < 4.78 is 18.7. The molecule has 2 aromatic rings. The van der Waals surface area contributed by atoms with Gasteiger partial charge in [-0.15, -0.1) is 0 Å². The minimum absolute atomic E-state index is 0.0374. The minimum atomic E-state index is -0.313. The molecular formula is C26H37FN2O3. The predicted molar refractivity (Wildman–Crippen MR) is 124 cm³/mol. The Balaban J connectivity index is 1.98. The molecular weight excluding hydrogens is 407 g/mol. The Bertz CT molecular complexity index is 790. The first kappa shape index (κ1) is 25.6. The maximum Gasteiger partial charge on any atom is 0.242 e. The average molecular weight is 445 g/mol. The SMILES string of the molecule is CCCCCCCCC(=O)N(CCC)CC(=O)N(Cc1ccc(F)cc1)Cc1ccco1. The number of amides is 2. The summed E-state index contributed by atoms with van der Waals surface area (Å²) in [4.78, 5) is 29.3. The number of halogens is 1. The summed E-state index contributed by atoms with van der Waals surface area (Å²) in [6, 6.07) is 9.72. The van der Waals surface area contributed by atoms with Crippen molar-refractivity contribution in [2.75, 3.05) is 13.1 Å². The molecule has 0 atom stereocenters. The van der Waals surface area contributed by atoms with Crippen molar-refractivity contribution in [1.29, 1.82) is 0 Å². The highest BCUT2D eigenvalue weighted by Gasteiger charge is 2.22. The van der Waals surface area contributed by atoms with E-state index in [4.69, 9.17) is 4.42 Å². The molecule has 0 aliphatic rings. The Morgan fingerprint density at radius 2 is 1.56 bits per heavy atom. The van der Waals surface area contributed by atoms with Gasteiger partial charge in [-0.25, -0.2) is 4.39 Å². The van der Waals surface area contributed by atoms with Crippen LogP contribution in [0.5, 0.6) is 0 Å². The number of furan rings is 1. The summed E-state index contributed by atoms with van der Waals surface area (Å²) in [5, 5.41) is 0. The molecule has 0 fully saturated rings. The fourth-order valence-corrected chi connectivity index (χ4v) is 3.67. The fraction of sp³-hybridized carbons (Fsp3) is 0.538. The van der Waals surface area contributed by atoms with Crippen molar-refractivity contribution in [3.8, 4) is 0 Å². The molecule has 32 heavy (non-hydrogen) atoms. The van der Waals surface area contributed by atoms with Crippen LogP contribution in [0.3, 0.4) is 0 Å². The number of benzene rings is 1. The number of nitrogens with zero attached hydrogens (tertiary/aromatic N) is 2. The van der Waals surface area contributed by atoms with Crippen LogP contribution in [-0.2, 0) is 22.7 Å². The van der Waals surface area contributed by atoms with Gasteiger partial charge >= 0.3 is 0 Å². The largest absolute Gasteiger partial charge is 0.467 e. The smallest absolute Gasteiger partial charge is 0.242 e. The molecule has 0 bridgehead atoms. The van der Waals surface area contributed by atoms with E-state index >= 15 is 0 Å². The molecule has 0 unspecified atom stereocenters. The second-order valence-corrected chi connectivity index (χ2v) is 8.29. The lowest BCUT2D eigenvalue weighted by atomic mass is 10.1. The van der Waals surface area contributed by atoms with Crippen molar-refractivity contribution in [1.82, 2.24) is 9.80 Å². The number of carbonyl (C=O) groups excluding carboxylic acids is 2. The van der Waals surface area contributed by atoms with Crippen LogP contribution >= 0.6 is 0 Å². The van der Waals surface area contributed by atoms with Gasteiger partial charge in [0.25, 0.3) is 0 Å². The maximum atomic E-state index is 13.3. The molecule has 176 valence electrons. The maximum absolute atomic E-state index is 13.3. The molecule has 0 saturated heterocycles. The van der Waals surface area contributed by atoms with Crippen LogP contribution in [0.2, 0.25) is 0 Å². The molecule has 0 radical (unpaired) electrons. The van der Waals surface area contributed by atoms with Crippen LogP contribution in [0.4, 0.5) is 4.39 Å². The standard InChI is InChI=1S/C26H37FN2O3/c1-3-5-6-7-8-9-12-25(30)28(17-4-2)21-26(31)29(20-24-11-10-18-32-24)19-22-13-15-23(27)16-14-22/h10-11,13-16,18H,3-9,12,17,19-21H2,1-2H3. The lowest BCUT2D eigenvalue weighted by Crippen LogP contribution is -2.42. The molecule has 0 aliphatic heterocycles. The van der Waals surface area contributed by atoms with Gasteiger partial charge in [-0.2, -0.15) is 0 Å². The van der Waals surface area contributed by atoms with E-state index in [1.165, 1.54) is 31.4 Å². The Morgan fingerprint density at radius 1 is 0.844 bits per heavy atom. The quantitative estimate of drug-likeness (QED) is 0.320. The van der Waals surface area contributed by atoms with E-state index in [1.54, 1.807) is 34.3 Å². The normalized spacial score (nSPS) is 10.8. The van der Waals surface area contributed by atoms with Gasteiger partial charge in [0.15, 0.2) is 0 Å². The van der Waals surface area contributed by atoms with E-state index in [2.05, 4.69) is 6.92 Å². The first-order valence-electron chi connectivity index (χ1n) is 11.9. The lowest BCUT2D eigenvalue weighted by molar-refractivity contribution is -0.141. The highest BCUT2D eigenvalue weighted by molar-refractivity contribution is 5.84. The zero-order valence-electron chi connectivity index (χ0n) is 19.5. The monoisotopic (exact) mass is 444 g/mol. The van der Waals surface area contributed by atoms with Crippen molar-refractivity contribution in [3.05, 3.63) is 59.8 Å². The van der Waals surface area contributed by atoms with E-state index in [0.29, 0.717) is 31.8 Å². The average Bonchev–Trinajstić information content (AvgIpc) is 3.30. The molecule has 1 aromatic carbocycles. The summed E-state index contributed by atoms with van der Waals surface area (Å²) in [6.45, 7) is 5.43. The van der Waals surface area contributed by atoms with Crippen LogP contribution in [0.15, 0.2) is 47.1 Å². The molecule has 0 spiro atoms. The van der Waals surface area contributed by atoms with Gasteiger partial charge in [-0.1, -0.05) is 58.1 Å². The predicted octanol–water partition coefficient (Wildman–Crippen LogP) is 5.94. The molecule has 5 nitrogen and oxygen atoms in total. The third-order valence-electron chi connectivity index (χ3n) is 5.48. The van der Waals surface area contributed by atoms with Crippen LogP contribution in [0.1, 0.15) is 76.5 Å².